The van der Waals surface area contributed by atoms with E-state index in [1.807, 2.05) is 11.8 Å². The summed E-state index contributed by atoms with van der Waals surface area (Å²) >= 11 is 6.76. The summed E-state index contributed by atoms with van der Waals surface area (Å²) in [4.78, 5) is 1.87. The first kappa shape index (κ1) is 12.5. The monoisotopic (exact) mass is 239 g/mol. The van der Waals surface area contributed by atoms with Gasteiger partial charge in [0, 0.05) is 17.1 Å². The smallest absolute Gasteiger partial charge is 0.0771 e. The molecule has 3 heteroatoms. The highest BCUT2D eigenvalue weighted by atomic mass is 32.2. The van der Waals surface area contributed by atoms with Gasteiger partial charge in [-0.2, -0.15) is 0 Å². The summed E-state index contributed by atoms with van der Waals surface area (Å²) in [7, 11) is 0. The van der Waals surface area contributed by atoms with E-state index in [9.17, 15) is 0 Å². The lowest BCUT2D eigenvalue weighted by Gasteiger charge is -2.05. The predicted molar refractivity (Wildman–Crippen MR) is 72.5 cm³/mol. The summed E-state index contributed by atoms with van der Waals surface area (Å²) in [5.74, 6) is 1.89. The van der Waals surface area contributed by atoms with Gasteiger partial charge in [-0.25, -0.2) is 0 Å². The Kier molecular flexibility index (Phi) is 5.12. The number of nitrogens with two attached hydrogens (primary N) is 1. The second-order valence-corrected chi connectivity index (χ2v) is 5.61. The minimum absolute atomic E-state index is 0.553. The van der Waals surface area contributed by atoms with E-state index in [2.05, 4.69) is 38.1 Å². The molecule has 0 saturated heterocycles. The van der Waals surface area contributed by atoms with Gasteiger partial charge in [0.2, 0.25) is 0 Å². The Labute approximate surface area is 101 Å². The van der Waals surface area contributed by atoms with Gasteiger partial charge in [0.1, 0.15) is 0 Å². The van der Waals surface area contributed by atoms with Crippen LogP contribution < -0.4 is 5.73 Å². The van der Waals surface area contributed by atoms with Crippen molar-refractivity contribution in [2.45, 2.75) is 25.2 Å². The molecule has 0 unspecified atom stereocenters. The molecule has 1 rings (SSSR count). The highest BCUT2D eigenvalue weighted by Crippen LogP contribution is 2.20. The summed E-state index contributed by atoms with van der Waals surface area (Å²) in [6.07, 6.45) is 0.699. The largest absolute Gasteiger partial charge is 0.393 e. The zero-order chi connectivity index (χ0) is 11.3. The first-order chi connectivity index (χ1) is 7.08. The first-order valence-corrected chi connectivity index (χ1v) is 6.47. The van der Waals surface area contributed by atoms with Crippen molar-refractivity contribution in [1.82, 2.24) is 0 Å². The Morgan fingerprint density at radius 2 is 1.93 bits per heavy atom. The molecule has 0 aromatic heterocycles. The van der Waals surface area contributed by atoms with Crippen LogP contribution in [0.4, 0.5) is 0 Å². The van der Waals surface area contributed by atoms with E-state index < -0.39 is 0 Å². The van der Waals surface area contributed by atoms with Crippen molar-refractivity contribution in [3.8, 4) is 0 Å². The highest BCUT2D eigenvalue weighted by molar-refractivity contribution is 7.99. The minimum atomic E-state index is 0.553. The molecule has 0 aliphatic carbocycles. The van der Waals surface area contributed by atoms with Crippen LogP contribution in [0.25, 0.3) is 0 Å². The summed E-state index contributed by atoms with van der Waals surface area (Å²) in [6.45, 7) is 4.46. The van der Waals surface area contributed by atoms with Gasteiger partial charge in [0.05, 0.1) is 4.99 Å². The molecule has 0 fully saturated rings. The summed E-state index contributed by atoms with van der Waals surface area (Å²) in [6, 6.07) is 8.48. The van der Waals surface area contributed by atoms with E-state index in [-0.39, 0.29) is 0 Å². The molecule has 1 aromatic carbocycles. The molecule has 15 heavy (non-hydrogen) atoms. The Morgan fingerprint density at radius 3 is 2.40 bits per heavy atom. The van der Waals surface area contributed by atoms with Crippen molar-refractivity contribution >= 4 is 29.0 Å². The second-order valence-electron chi connectivity index (χ2n) is 3.99. The third kappa shape index (κ3) is 5.19. The van der Waals surface area contributed by atoms with Gasteiger partial charge < -0.3 is 5.73 Å². The van der Waals surface area contributed by atoms with Crippen LogP contribution in [-0.2, 0) is 6.42 Å². The molecule has 0 atom stereocenters. The Bertz CT molecular complexity index is 317. The highest BCUT2D eigenvalue weighted by Gasteiger charge is 1.99. The minimum Gasteiger partial charge on any atom is -0.393 e. The fourth-order valence-corrected chi connectivity index (χ4v) is 2.19. The van der Waals surface area contributed by atoms with Crippen LogP contribution in [0.3, 0.4) is 0 Å². The van der Waals surface area contributed by atoms with Gasteiger partial charge in [-0.3, -0.25) is 0 Å². The van der Waals surface area contributed by atoms with Gasteiger partial charge in [-0.05, 0) is 23.6 Å². The van der Waals surface area contributed by atoms with Gasteiger partial charge in [0.15, 0.2) is 0 Å². The van der Waals surface area contributed by atoms with Crippen molar-refractivity contribution in [1.29, 1.82) is 0 Å². The SMILES string of the molecule is CC(C)CSc1ccc(CC(N)=S)cc1. The fraction of sp³-hybridized carbons (Fsp3) is 0.417. The summed E-state index contributed by atoms with van der Waals surface area (Å²) < 4.78 is 0. The molecule has 82 valence electrons. The van der Waals surface area contributed by atoms with Crippen molar-refractivity contribution < 1.29 is 0 Å². The van der Waals surface area contributed by atoms with E-state index >= 15 is 0 Å². The molecule has 0 radical (unpaired) electrons. The van der Waals surface area contributed by atoms with Crippen LogP contribution in [-0.4, -0.2) is 10.7 Å². The normalized spacial score (nSPS) is 10.6. The van der Waals surface area contributed by atoms with Gasteiger partial charge in [-0.1, -0.05) is 38.2 Å². The molecule has 0 bridgehead atoms. The predicted octanol–water partition coefficient (Wildman–Crippen LogP) is 3.26. The van der Waals surface area contributed by atoms with E-state index in [1.165, 1.54) is 10.5 Å². The Morgan fingerprint density at radius 1 is 1.33 bits per heavy atom. The van der Waals surface area contributed by atoms with Crippen LogP contribution in [0.2, 0.25) is 0 Å². The molecule has 1 aromatic rings. The number of hydrogen-bond acceptors (Lipinski definition) is 2. The van der Waals surface area contributed by atoms with Crippen molar-refractivity contribution in [2.24, 2.45) is 11.7 Å². The molecule has 0 heterocycles. The third-order valence-corrected chi connectivity index (χ3v) is 3.47. The van der Waals surface area contributed by atoms with E-state index in [0.717, 1.165) is 11.7 Å². The van der Waals surface area contributed by atoms with Crippen molar-refractivity contribution in [3.05, 3.63) is 29.8 Å². The zero-order valence-electron chi connectivity index (χ0n) is 9.19. The van der Waals surface area contributed by atoms with Crippen molar-refractivity contribution in [2.75, 3.05) is 5.75 Å². The summed E-state index contributed by atoms with van der Waals surface area (Å²) in [5.41, 5.74) is 6.68. The lowest BCUT2D eigenvalue weighted by molar-refractivity contribution is 0.750. The lowest BCUT2D eigenvalue weighted by Crippen LogP contribution is -2.10. The zero-order valence-corrected chi connectivity index (χ0v) is 10.8. The standard InChI is InChI=1S/C12H17NS2/c1-9(2)8-15-11-5-3-10(4-6-11)7-12(13)14/h3-6,9H,7-8H2,1-2H3,(H2,13,14). The van der Waals surface area contributed by atoms with Crippen LogP contribution in [0.5, 0.6) is 0 Å². The number of benzene rings is 1. The van der Waals surface area contributed by atoms with E-state index in [0.29, 0.717) is 11.4 Å². The average Bonchev–Trinajstić information content (AvgIpc) is 2.16. The lowest BCUT2D eigenvalue weighted by atomic mass is 10.1. The van der Waals surface area contributed by atoms with Crippen LogP contribution in [0.1, 0.15) is 19.4 Å². The number of hydrogen-bond donors (Lipinski definition) is 1. The third-order valence-electron chi connectivity index (χ3n) is 1.89. The molecular weight excluding hydrogens is 222 g/mol. The first-order valence-electron chi connectivity index (χ1n) is 5.08. The van der Waals surface area contributed by atoms with Gasteiger partial charge in [0.25, 0.3) is 0 Å². The van der Waals surface area contributed by atoms with Gasteiger partial charge >= 0.3 is 0 Å². The fourth-order valence-electron chi connectivity index (χ4n) is 1.17. The number of rotatable bonds is 5. The van der Waals surface area contributed by atoms with Crippen molar-refractivity contribution in [3.63, 3.8) is 0 Å². The topological polar surface area (TPSA) is 26.0 Å². The molecular formula is C12H17NS2. The average molecular weight is 239 g/mol. The number of thioether (sulfide) groups is 1. The molecule has 0 saturated carbocycles. The molecule has 2 N–H and O–H groups in total. The summed E-state index contributed by atoms with van der Waals surface area (Å²) in [5, 5.41) is 0. The molecule has 0 aliphatic heterocycles. The number of thiocarbonyl (C=S) groups is 1. The maximum Gasteiger partial charge on any atom is 0.0771 e. The van der Waals surface area contributed by atoms with E-state index in [4.69, 9.17) is 18.0 Å². The van der Waals surface area contributed by atoms with Crippen LogP contribution in [0, 0.1) is 5.92 Å². The van der Waals surface area contributed by atoms with Crippen LogP contribution in [0.15, 0.2) is 29.2 Å². The van der Waals surface area contributed by atoms with E-state index in [1.54, 1.807) is 0 Å². The maximum absolute atomic E-state index is 5.49. The molecule has 1 nitrogen and oxygen atoms in total. The van der Waals surface area contributed by atoms with Gasteiger partial charge in [-0.15, -0.1) is 11.8 Å². The van der Waals surface area contributed by atoms with Crippen LogP contribution >= 0.6 is 24.0 Å². The Hall–Kier alpha value is -0.540. The molecule has 0 amide bonds. The Balaban J connectivity index is 2.52. The molecule has 0 spiro atoms. The second kappa shape index (κ2) is 6.13. The maximum atomic E-state index is 5.49. The molecule has 0 aliphatic rings. The quantitative estimate of drug-likeness (QED) is 0.631.